The molecule has 0 spiro atoms. The van der Waals surface area contributed by atoms with Crippen LogP contribution in [0.4, 0.5) is 27.7 Å². The van der Waals surface area contributed by atoms with E-state index in [1.54, 1.807) is 18.5 Å². The molecule has 6 rings (SSSR count). The van der Waals surface area contributed by atoms with Crippen molar-refractivity contribution in [1.82, 2.24) is 20.3 Å². The molecule has 3 saturated heterocycles. The highest BCUT2D eigenvalue weighted by atomic mass is 32.2. The molecule has 0 bridgehead atoms. The maximum Gasteiger partial charge on any atom is 0.243 e. The Morgan fingerprint density at radius 2 is 1.98 bits per heavy atom. The van der Waals surface area contributed by atoms with Crippen molar-refractivity contribution in [2.24, 2.45) is 5.92 Å². The van der Waals surface area contributed by atoms with Gasteiger partial charge in [-0.2, -0.15) is 4.98 Å². The number of halogens is 1. The Kier molecular flexibility index (Phi) is 8.89. The molecule has 240 valence electrons. The van der Waals surface area contributed by atoms with Gasteiger partial charge in [-0.15, -0.1) is 0 Å². The SMILES string of the molecule is C=CC(=O)N[C@H]1COC[C@@H]1c1ccc(N2CC(CS(C)(=O)=O)C2)c2cnc(Nc3ccnc(N4CC[C@@H](OC)[C@@H](F)C4)n3)cc12. The number of ether oxygens (including phenoxy) is 2. The first-order valence-corrected chi connectivity index (χ1v) is 17.1. The number of nitrogens with zero attached hydrogens (tertiary/aromatic N) is 5. The smallest absolute Gasteiger partial charge is 0.243 e. The van der Waals surface area contributed by atoms with Crippen LogP contribution < -0.4 is 20.4 Å². The lowest BCUT2D eigenvalue weighted by molar-refractivity contribution is -0.117. The van der Waals surface area contributed by atoms with Gasteiger partial charge in [0.25, 0.3) is 0 Å². The monoisotopic (exact) mass is 639 g/mol. The molecule has 3 aromatic rings. The molecule has 0 saturated carbocycles. The number of hydrogen-bond acceptors (Lipinski definition) is 11. The Labute approximate surface area is 261 Å². The first kappa shape index (κ1) is 31.1. The maximum absolute atomic E-state index is 14.6. The van der Waals surface area contributed by atoms with E-state index in [2.05, 4.69) is 38.1 Å². The zero-order chi connectivity index (χ0) is 31.7. The number of anilines is 4. The van der Waals surface area contributed by atoms with Gasteiger partial charge in [0, 0.05) is 68.3 Å². The van der Waals surface area contributed by atoms with E-state index in [0.717, 1.165) is 22.0 Å². The number of sulfone groups is 1. The molecular formula is C31H38FN7O5S. The summed E-state index contributed by atoms with van der Waals surface area (Å²) < 4.78 is 49.3. The molecule has 5 heterocycles. The molecule has 3 aliphatic heterocycles. The number of methoxy groups -OCH3 is 1. The van der Waals surface area contributed by atoms with Crippen molar-refractivity contribution in [2.45, 2.75) is 30.7 Å². The average Bonchev–Trinajstić information content (AvgIpc) is 3.45. The highest BCUT2D eigenvalue weighted by molar-refractivity contribution is 7.90. The van der Waals surface area contributed by atoms with Gasteiger partial charge in [0.15, 0.2) is 0 Å². The van der Waals surface area contributed by atoms with E-state index >= 15 is 0 Å². The van der Waals surface area contributed by atoms with Crippen LogP contribution in [-0.4, -0.2) is 106 Å². The lowest BCUT2D eigenvalue weighted by atomic mass is 9.89. The second-order valence-electron chi connectivity index (χ2n) is 12.0. The van der Waals surface area contributed by atoms with Gasteiger partial charge in [-0.1, -0.05) is 12.6 Å². The summed E-state index contributed by atoms with van der Waals surface area (Å²) in [4.78, 5) is 29.9. The van der Waals surface area contributed by atoms with Gasteiger partial charge < -0.3 is 29.9 Å². The number of benzene rings is 1. The summed E-state index contributed by atoms with van der Waals surface area (Å²) in [7, 11) is -1.54. The molecule has 1 amide bonds. The fourth-order valence-corrected chi connectivity index (χ4v) is 7.56. The summed E-state index contributed by atoms with van der Waals surface area (Å²) in [5.41, 5.74) is 1.96. The number of fused-ring (bicyclic) bond motifs is 1. The van der Waals surface area contributed by atoms with Crippen LogP contribution in [0.15, 0.2) is 49.3 Å². The van der Waals surface area contributed by atoms with E-state index in [1.807, 2.05) is 17.0 Å². The van der Waals surface area contributed by atoms with Gasteiger partial charge in [-0.05, 0) is 41.6 Å². The van der Waals surface area contributed by atoms with Crippen LogP contribution in [-0.2, 0) is 24.1 Å². The van der Waals surface area contributed by atoms with Gasteiger partial charge >= 0.3 is 0 Å². The van der Waals surface area contributed by atoms with Crippen LogP contribution in [0.2, 0.25) is 0 Å². The minimum absolute atomic E-state index is 0.0743. The van der Waals surface area contributed by atoms with Crippen LogP contribution in [0.5, 0.6) is 0 Å². The number of alkyl halides is 1. The fourth-order valence-electron chi connectivity index (χ4n) is 6.49. The zero-order valence-electron chi connectivity index (χ0n) is 25.4. The third-order valence-electron chi connectivity index (χ3n) is 8.71. The first-order valence-electron chi connectivity index (χ1n) is 15.0. The number of carbonyl (C=O) groups is 1. The summed E-state index contributed by atoms with van der Waals surface area (Å²) in [5, 5.41) is 8.12. The topological polar surface area (TPSA) is 139 Å². The van der Waals surface area contributed by atoms with Crippen LogP contribution >= 0.6 is 0 Å². The summed E-state index contributed by atoms with van der Waals surface area (Å²) in [6.07, 6.45) is 4.94. The summed E-state index contributed by atoms with van der Waals surface area (Å²) >= 11 is 0. The van der Waals surface area contributed by atoms with E-state index in [9.17, 15) is 17.6 Å². The zero-order valence-corrected chi connectivity index (χ0v) is 26.2. The average molecular weight is 640 g/mol. The third-order valence-corrected chi connectivity index (χ3v) is 9.78. The normalized spacial score (nSPS) is 24.0. The van der Waals surface area contributed by atoms with Crippen LogP contribution in [0.25, 0.3) is 10.8 Å². The Hall–Kier alpha value is -3.88. The standard InChI is InChI=1S/C31H38FN7O5S/c1-4-30(40)35-25-17-44-16-23(25)20-5-6-26(39-13-19(14-39)18-45(3,41)42)22-12-34-29(11-21(20)22)36-28-7-9-33-31(37-28)38-10-8-27(43-2)24(32)15-38/h4-7,9,11-12,19,23-25,27H,1,8,10,13-18H2,2-3H3,(H,35,40)(H,33,34,36,37)/t23-,24+,25+,27-/m1/s1. The highest BCUT2D eigenvalue weighted by Gasteiger charge is 2.35. The second-order valence-corrected chi connectivity index (χ2v) is 14.2. The number of piperidine rings is 1. The molecule has 12 nitrogen and oxygen atoms in total. The summed E-state index contributed by atoms with van der Waals surface area (Å²) in [6.45, 7) is 6.40. The molecule has 14 heteroatoms. The number of pyridine rings is 1. The van der Waals surface area contributed by atoms with E-state index in [1.165, 1.54) is 19.4 Å². The quantitative estimate of drug-likeness (QED) is 0.317. The van der Waals surface area contributed by atoms with Crippen molar-refractivity contribution in [1.29, 1.82) is 0 Å². The first-order chi connectivity index (χ1) is 21.6. The van der Waals surface area contributed by atoms with E-state index in [4.69, 9.17) is 14.5 Å². The molecule has 0 aliphatic carbocycles. The molecule has 4 atom stereocenters. The van der Waals surface area contributed by atoms with Gasteiger partial charge in [-0.25, -0.2) is 22.8 Å². The largest absolute Gasteiger partial charge is 0.379 e. The van der Waals surface area contributed by atoms with Crippen molar-refractivity contribution < 1.29 is 27.1 Å². The van der Waals surface area contributed by atoms with Gasteiger partial charge in [-0.3, -0.25) is 4.79 Å². The molecular weight excluding hydrogens is 601 g/mol. The number of hydrogen-bond donors (Lipinski definition) is 2. The van der Waals surface area contributed by atoms with Gasteiger partial charge in [0.1, 0.15) is 27.6 Å². The number of amides is 1. The lowest BCUT2D eigenvalue weighted by Crippen LogP contribution is -2.49. The molecule has 2 aromatic heterocycles. The molecule has 1 aromatic carbocycles. The van der Waals surface area contributed by atoms with Crippen molar-refractivity contribution >= 4 is 49.8 Å². The minimum Gasteiger partial charge on any atom is -0.379 e. The van der Waals surface area contributed by atoms with Crippen molar-refractivity contribution in [3.63, 3.8) is 0 Å². The number of carbonyl (C=O) groups excluding carboxylic acids is 1. The van der Waals surface area contributed by atoms with Crippen molar-refractivity contribution in [2.75, 3.05) is 73.6 Å². The Balaban J connectivity index is 1.30. The number of aromatic nitrogens is 3. The third kappa shape index (κ3) is 6.87. The number of nitrogens with one attached hydrogen (secondary N) is 2. The fraction of sp³-hybridized carbons (Fsp3) is 0.484. The van der Waals surface area contributed by atoms with E-state index in [0.29, 0.717) is 56.9 Å². The molecule has 45 heavy (non-hydrogen) atoms. The van der Waals surface area contributed by atoms with Gasteiger partial charge in [0.2, 0.25) is 11.9 Å². The lowest BCUT2D eigenvalue weighted by Gasteiger charge is -2.41. The molecule has 3 fully saturated rings. The van der Waals surface area contributed by atoms with Crippen molar-refractivity contribution in [3.8, 4) is 0 Å². The van der Waals surface area contributed by atoms with E-state index in [-0.39, 0.29) is 36.1 Å². The molecule has 3 aliphatic rings. The van der Waals surface area contributed by atoms with E-state index < -0.39 is 22.1 Å². The highest BCUT2D eigenvalue weighted by Crippen LogP contribution is 2.39. The molecule has 2 N–H and O–H groups in total. The van der Waals surface area contributed by atoms with Crippen LogP contribution in [0.3, 0.4) is 0 Å². The Morgan fingerprint density at radius 3 is 2.71 bits per heavy atom. The number of rotatable bonds is 10. The van der Waals surface area contributed by atoms with Crippen LogP contribution in [0.1, 0.15) is 17.9 Å². The Morgan fingerprint density at radius 1 is 1.16 bits per heavy atom. The summed E-state index contributed by atoms with van der Waals surface area (Å²) in [6, 6.07) is 7.54. The Bertz CT molecular complexity index is 1690. The summed E-state index contributed by atoms with van der Waals surface area (Å²) in [5.74, 6) is 1.36. The van der Waals surface area contributed by atoms with Gasteiger partial charge in [0.05, 0.1) is 37.7 Å². The molecule has 0 radical (unpaired) electrons. The second kappa shape index (κ2) is 12.9. The minimum atomic E-state index is -3.06. The predicted molar refractivity (Wildman–Crippen MR) is 171 cm³/mol. The van der Waals surface area contributed by atoms with Crippen LogP contribution in [0, 0.1) is 5.92 Å². The van der Waals surface area contributed by atoms with Crippen molar-refractivity contribution in [3.05, 3.63) is 54.9 Å². The predicted octanol–water partition coefficient (Wildman–Crippen LogP) is 2.60. The maximum atomic E-state index is 14.6. The molecule has 0 unspecified atom stereocenters.